The summed E-state index contributed by atoms with van der Waals surface area (Å²) in [6, 6.07) is 0.787. The molecule has 1 aliphatic carbocycles. The molecule has 9 heteroatoms. The molecular formula is C18H27ClN6O2. The molecule has 1 atom stereocenters. The minimum atomic E-state index is -0.277. The molecule has 4 rings (SSSR count). The number of rotatable bonds is 4. The Balaban J connectivity index is 1.42. The van der Waals surface area contributed by atoms with Gasteiger partial charge in [-0.2, -0.15) is 4.98 Å². The third-order valence-corrected chi connectivity index (χ3v) is 6.36. The summed E-state index contributed by atoms with van der Waals surface area (Å²) < 4.78 is 0. The predicted octanol–water partition coefficient (Wildman–Crippen LogP) is 2.06. The lowest BCUT2D eigenvalue weighted by Crippen LogP contribution is -2.50. The Labute approximate surface area is 164 Å². The normalized spacial score (nSPS) is 24.7. The summed E-state index contributed by atoms with van der Waals surface area (Å²) in [6.45, 7) is 2.88. The number of nitrogens with zero attached hydrogens (tertiary/aromatic N) is 6. The van der Waals surface area contributed by atoms with Crippen LogP contribution in [0.5, 0.6) is 0 Å². The van der Waals surface area contributed by atoms with Gasteiger partial charge in [0.25, 0.3) is 0 Å². The van der Waals surface area contributed by atoms with Gasteiger partial charge >= 0.3 is 6.03 Å². The smallest absolute Gasteiger partial charge is 0.320 e. The molecule has 3 aliphatic rings. The Morgan fingerprint density at radius 2 is 1.67 bits per heavy atom. The Bertz CT molecular complexity index is 684. The number of carbonyl (C=O) groups is 1. The molecule has 27 heavy (non-hydrogen) atoms. The van der Waals surface area contributed by atoms with Crippen molar-refractivity contribution in [3.05, 3.63) is 10.8 Å². The van der Waals surface area contributed by atoms with E-state index in [1.807, 2.05) is 9.80 Å². The van der Waals surface area contributed by atoms with Gasteiger partial charge in [-0.05, 0) is 25.7 Å². The summed E-state index contributed by atoms with van der Waals surface area (Å²) in [4.78, 5) is 23.5. The molecule has 1 N–H and O–H groups in total. The van der Waals surface area contributed by atoms with E-state index in [0.29, 0.717) is 18.5 Å². The standard InChI is InChI=1S/C18H27ClN6O2/c19-16-15(12-26)21-22-17(20-16)23-8-4-7-14(11-23)25-10-9-24(18(25)27)13-5-2-1-3-6-13/h13-14,26H,1-12H2. The first-order valence-electron chi connectivity index (χ1n) is 9.99. The van der Waals surface area contributed by atoms with Crippen LogP contribution < -0.4 is 4.90 Å². The highest BCUT2D eigenvalue weighted by atomic mass is 35.5. The Kier molecular flexibility index (Phi) is 5.63. The number of anilines is 1. The number of carbonyl (C=O) groups excluding carboxylic acids is 1. The molecule has 3 fully saturated rings. The Morgan fingerprint density at radius 1 is 0.963 bits per heavy atom. The number of halogens is 1. The maximum atomic E-state index is 13.0. The van der Waals surface area contributed by atoms with Crippen molar-refractivity contribution in [1.82, 2.24) is 25.0 Å². The van der Waals surface area contributed by atoms with Gasteiger partial charge in [0, 0.05) is 32.2 Å². The van der Waals surface area contributed by atoms with Gasteiger partial charge in [-0.15, -0.1) is 10.2 Å². The Hall–Kier alpha value is -1.67. The summed E-state index contributed by atoms with van der Waals surface area (Å²) in [5, 5.41) is 17.4. The molecule has 1 aromatic heterocycles. The lowest BCUT2D eigenvalue weighted by molar-refractivity contribution is 0.150. The number of piperidine rings is 1. The van der Waals surface area contributed by atoms with Gasteiger partial charge in [-0.25, -0.2) is 4.79 Å². The van der Waals surface area contributed by atoms with Crippen LogP contribution in [0, 0.1) is 0 Å². The van der Waals surface area contributed by atoms with Gasteiger partial charge in [0.2, 0.25) is 5.95 Å². The number of hydrogen-bond donors (Lipinski definition) is 1. The zero-order valence-electron chi connectivity index (χ0n) is 15.6. The zero-order chi connectivity index (χ0) is 18.8. The fraction of sp³-hybridized carbons (Fsp3) is 0.778. The largest absolute Gasteiger partial charge is 0.390 e. The average molecular weight is 395 g/mol. The third-order valence-electron chi connectivity index (χ3n) is 6.06. The Morgan fingerprint density at radius 3 is 2.37 bits per heavy atom. The maximum absolute atomic E-state index is 13.0. The average Bonchev–Trinajstić information content (AvgIpc) is 3.10. The van der Waals surface area contributed by atoms with E-state index in [1.54, 1.807) is 0 Å². The van der Waals surface area contributed by atoms with Gasteiger partial charge in [0.05, 0.1) is 12.6 Å². The van der Waals surface area contributed by atoms with E-state index >= 15 is 0 Å². The number of hydrogen-bond acceptors (Lipinski definition) is 6. The highest BCUT2D eigenvalue weighted by Crippen LogP contribution is 2.29. The lowest BCUT2D eigenvalue weighted by atomic mass is 9.94. The number of aromatic nitrogens is 3. The molecule has 148 valence electrons. The fourth-order valence-electron chi connectivity index (χ4n) is 4.58. The van der Waals surface area contributed by atoms with Gasteiger partial charge in [0.1, 0.15) is 5.69 Å². The van der Waals surface area contributed by atoms with E-state index in [4.69, 9.17) is 11.6 Å². The summed E-state index contributed by atoms with van der Waals surface area (Å²) in [7, 11) is 0. The first kappa shape index (κ1) is 18.7. The monoisotopic (exact) mass is 394 g/mol. The second kappa shape index (κ2) is 8.14. The van der Waals surface area contributed by atoms with Crippen molar-refractivity contribution in [2.75, 3.05) is 31.1 Å². The van der Waals surface area contributed by atoms with Crippen LogP contribution in [0.1, 0.15) is 50.6 Å². The number of aliphatic hydroxyl groups excluding tert-OH is 1. The van der Waals surface area contributed by atoms with Gasteiger partial charge in [-0.1, -0.05) is 30.9 Å². The minimum Gasteiger partial charge on any atom is -0.390 e. The number of aliphatic hydroxyl groups is 1. The molecular weight excluding hydrogens is 368 g/mol. The molecule has 1 unspecified atom stereocenters. The molecule has 0 aromatic carbocycles. The van der Waals surface area contributed by atoms with E-state index in [2.05, 4.69) is 20.1 Å². The van der Waals surface area contributed by atoms with Gasteiger partial charge in [0.15, 0.2) is 5.15 Å². The maximum Gasteiger partial charge on any atom is 0.320 e. The van der Waals surface area contributed by atoms with Crippen molar-refractivity contribution in [1.29, 1.82) is 0 Å². The molecule has 3 heterocycles. The first-order chi connectivity index (χ1) is 13.2. The predicted molar refractivity (Wildman–Crippen MR) is 102 cm³/mol. The molecule has 2 amide bonds. The van der Waals surface area contributed by atoms with Crippen LogP contribution >= 0.6 is 11.6 Å². The molecule has 8 nitrogen and oxygen atoms in total. The summed E-state index contributed by atoms with van der Waals surface area (Å²) >= 11 is 6.07. The van der Waals surface area contributed by atoms with E-state index in [0.717, 1.165) is 45.3 Å². The molecule has 2 aliphatic heterocycles. The van der Waals surface area contributed by atoms with Gasteiger partial charge in [-0.3, -0.25) is 0 Å². The fourth-order valence-corrected chi connectivity index (χ4v) is 4.76. The molecule has 0 radical (unpaired) electrons. The van der Waals surface area contributed by atoms with E-state index in [-0.39, 0.29) is 29.5 Å². The van der Waals surface area contributed by atoms with Crippen LogP contribution in [-0.4, -0.2) is 74.4 Å². The first-order valence-corrected chi connectivity index (χ1v) is 10.4. The second-order valence-electron chi connectivity index (χ2n) is 7.71. The highest BCUT2D eigenvalue weighted by Gasteiger charge is 2.39. The van der Waals surface area contributed by atoms with E-state index < -0.39 is 0 Å². The topological polar surface area (TPSA) is 85.7 Å². The molecule has 0 spiro atoms. The highest BCUT2D eigenvalue weighted by molar-refractivity contribution is 6.30. The van der Waals surface area contributed by atoms with Crippen LogP contribution in [0.25, 0.3) is 0 Å². The second-order valence-corrected chi connectivity index (χ2v) is 8.07. The van der Waals surface area contributed by atoms with Crippen LogP contribution in [0.4, 0.5) is 10.7 Å². The molecule has 1 aromatic rings. The molecule has 2 saturated heterocycles. The van der Waals surface area contributed by atoms with E-state index in [9.17, 15) is 9.90 Å². The minimum absolute atomic E-state index is 0.166. The summed E-state index contributed by atoms with van der Waals surface area (Å²) in [5.41, 5.74) is 0.284. The molecule has 0 bridgehead atoms. The lowest BCUT2D eigenvalue weighted by Gasteiger charge is -2.38. The SMILES string of the molecule is O=C1N(C2CCCCC2)CCN1C1CCCN(c2nnc(CO)c(Cl)n2)C1. The van der Waals surface area contributed by atoms with Crippen molar-refractivity contribution in [3.63, 3.8) is 0 Å². The van der Waals surface area contributed by atoms with Crippen LogP contribution in [-0.2, 0) is 6.61 Å². The van der Waals surface area contributed by atoms with E-state index in [1.165, 1.54) is 19.3 Å². The van der Waals surface area contributed by atoms with Crippen molar-refractivity contribution in [3.8, 4) is 0 Å². The van der Waals surface area contributed by atoms with Crippen LogP contribution in [0.15, 0.2) is 0 Å². The molecule has 1 saturated carbocycles. The van der Waals surface area contributed by atoms with Crippen molar-refractivity contribution < 1.29 is 9.90 Å². The van der Waals surface area contributed by atoms with Crippen molar-refractivity contribution in [2.24, 2.45) is 0 Å². The van der Waals surface area contributed by atoms with Crippen LogP contribution in [0.2, 0.25) is 5.15 Å². The number of amides is 2. The summed E-state index contributed by atoms with van der Waals surface area (Å²) in [6.07, 6.45) is 8.03. The van der Waals surface area contributed by atoms with Gasteiger partial charge < -0.3 is 19.8 Å². The van der Waals surface area contributed by atoms with Crippen LogP contribution in [0.3, 0.4) is 0 Å². The zero-order valence-corrected chi connectivity index (χ0v) is 16.3. The van der Waals surface area contributed by atoms with Crippen molar-refractivity contribution in [2.45, 2.75) is 63.6 Å². The number of urea groups is 1. The van der Waals surface area contributed by atoms with Crippen molar-refractivity contribution >= 4 is 23.6 Å². The quantitative estimate of drug-likeness (QED) is 0.841. The third kappa shape index (κ3) is 3.82. The summed E-state index contributed by atoms with van der Waals surface area (Å²) in [5.74, 6) is 0.470.